The first-order valence-corrected chi connectivity index (χ1v) is 8.43. The molecule has 0 aliphatic carbocycles. The van der Waals surface area contributed by atoms with E-state index in [0.29, 0.717) is 13.1 Å². The van der Waals surface area contributed by atoms with Gasteiger partial charge in [0.1, 0.15) is 10.7 Å². The fraction of sp³-hybridized carbons (Fsp3) is 0.412. The summed E-state index contributed by atoms with van der Waals surface area (Å²) in [7, 11) is 0. The minimum atomic E-state index is -4.51. The van der Waals surface area contributed by atoms with Crippen LogP contribution in [0.25, 0.3) is 0 Å². The van der Waals surface area contributed by atoms with E-state index in [1.54, 1.807) is 4.90 Å². The van der Waals surface area contributed by atoms with Crippen LogP contribution in [0, 0.1) is 5.92 Å². The van der Waals surface area contributed by atoms with E-state index in [4.69, 9.17) is 11.6 Å². The number of aliphatic hydroxyl groups excluding tert-OH is 1. The van der Waals surface area contributed by atoms with Crippen molar-refractivity contribution in [1.29, 1.82) is 0 Å². The van der Waals surface area contributed by atoms with Gasteiger partial charge in [-0.15, -0.1) is 0 Å². The number of likely N-dealkylation sites (tertiary alicyclic amines) is 1. The number of amides is 2. The maximum Gasteiger partial charge on any atom is 0.416 e. The molecule has 1 saturated heterocycles. The standard InChI is InChI=1S/C17H16ClF3N2O3/c18-13-14(22-7-1-2-10(8-22)9-24)16(26)23(15(13)25)12-5-3-11(4-6-12)17(19,20)21/h3-6,10,24H,1-2,7-9H2. The second-order valence-electron chi connectivity index (χ2n) is 6.29. The van der Waals surface area contributed by atoms with Gasteiger partial charge < -0.3 is 10.0 Å². The second-order valence-corrected chi connectivity index (χ2v) is 6.67. The van der Waals surface area contributed by atoms with Crippen LogP contribution < -0.4 is 4.90 Å². The van der Waals surface area contributed by atoms with Crippen LogP contribution in [0.5, 0.6) is 0 Å². The molecular formula is C17H16ClF3N2O3. The molecule has 1 N–H and O–H groups in total. The lowest BCUT2D eigenvalue weighted by molar-refractivity contribution is -0.137. The molecular weight excluding hydrogens is 373 g/mol. The fourth-order valence-electron chi connectivity index (χ4n) is 3.22. The number of piperidine rings is 1. The number of anilines is 1. The van der Waals surface area contributed by atoms with Gasteiger partial charge in [-0.25, -0.2) is 4.90 Å². The van der Waals surface area contributed by atoms with E-state index in [1.165, 1.54) is 0 Å². The van der Waals surface area contributed by atoms with Crippen LogP contribution in [0.1, 0.15) is 18.4 Å². The number of hydrogen-bond acceptors (Lipinski definition) is 4. The number of nitrogens with zero attached hydrogens (tertiary/aromatic N) is 2. The molecule has 140 valence electrons. The number of hydrogen-bond donors (Lipinski definition) is 1. The van der Waals surface area contributed by atoms with Gasteiger partial charge in [-0.1, -0.05) is 11.6 Å². The van der Waals surface area contributed by atoms with Crippen molar-refractivity contribution < 1.29 is 27.9 Å². The SMILES string of the molecule is O=C1C(Cl)=C(N2CCCC(CO)C2)C(=O)N1c1ccc(C(F)(F)F)cc1. The van der Waals surface area contributed by atoms with E-state index >= 15 is 0 Å². The lowest BCUT2D eigenvalue weighted by atomic mass is 9.98. The van der Waals surface area contributed by atoms with Gasteiger partial charge in [0, 0.05) is 19.7 Å². The van der Waals surface area contributed by atoms with Gasteiger partial charge in [0.05, 0.1) is 11.3 Å². The van der Waals surface area contributed by atoms with Gasteiger partial charge in [0.25, 0.3) is 11.8 Å². The average molecular weight is 389 g/mol. The van der Waals surface area contributed by atoms with Crippen LogP contribution in [-0.4, -0.2) is 41.5 Å². The van der Waals surface area contributed by atoms with Gasteiger partial charge in [0.2, 0.25) is 0 Å². The molecule has 5 nitrogen and oxygen atoms in total. The molecule has 1 aromatic carbocycles. The number of aliphatic hydroxyl groups is 1. The van der Waals surface area contributed by atoms with Crippen LogP contribution in [0.3, 0.4) is 0 Å². The number of rotatable bonds is 3. The largest absolute Gasteiger partial charge is 0.416 e. The summed E-state index contributed by atoms with van der Waals surface area (Å²) in [6.07, 6.45) is -2.96. The lowest BCUT2D eigenvalue weighted by Crippen LogP contribution is -2.40. The molecule has 1 aromatic rings. The normalized spacial score (nSPS) is 21.8. The maximum absolute atomic E-state index is 12.7. The number of imide groups is 1. The van der Waals surface area contributed by atoms with Crippen LogP contribution in [-0.2, 0) is 15.8 Å². The third-order valence-electron chi connectivity index (χ3n) is 4.55. The first kappa shape index (κ1) is 18.7. The highest BCUT2D eigenvalue weighted by molar-refractivity contribution is 6.52. The van der Waals surface area contributed by atoms with Gasteiger partial charge in [-0.05, 0) is 43.0 Å². The summed E-state index contributed by atoms with van der Waals surface area (Å²) in [5, 5.41) is 9.07. The van der Waals surface area contributed by atoms with E-state index in [-0.39, 0.29) is 28.9 Å². The van der Waals surface area contributed by atoms with Gasteiger partial charge >= 0.3 is 6.18 Å². The second kappa shape index (κ2) is 6.92. The molecule has 9 heteroatoms. The van der Waals surface area contributed by atoms with Crippen LogP contribution in [0.4, 0.5) is 18.9 Å². The van der Waals surface area contributed by atoms with Crippen molar-refractivity contribution in [3.63, 3.8) is 0 Å². The van der Waals surface area contributed by atoms with E-state index in [9.17, 15) is 27.9 Å². The molecule has 1 atom stereocenters. The Labute approximate surface area is 152 Å². The fourth-order valence-corrected chi connectivity index (χ4v) is 3.50. The predicted octanol–water partition coefficient (Wildman–Crippen LogP) is 2.73. The minimum Gasteiger partial charge on any atom is -0.396 e. The summed E-state index contributed by atoms with van der Waals surface area (Å²) in [5.74, 6) is -1.46. The molecule has 0 saturated carbocycles. The zero-order chi connectivity index (χ0) is 19.1. The summed E-state index contributed by atoms with van der Waals surface area (Å²) in [6, 6.07) is 3.76. The highest BCUT2D eigenvalue weighted by atomic mass is 35.5. The summed E-state index contributed by atoms with van der Waals surface area (Å²) in [6.45, 7) is 0.871. The third kappa shape index (κ3) is 3.31. The predicted molar refractivity (Wildman–Crippen MR) is 88.2 cm³/mol. The monoisotopic (exact) mass is 388 g/mol. The molecule has 2 aliphatic rings. The van der Waals surface area contributed by atoms with Crippen LogP contribution >= 0.6 is 11.6 Å². The Morgan fingerprint density at radius 1 is 1.15 bits per heavy atom. The Bertz CT molecular complexity index is 762. The van der Waals surface area contributed by atoms with E-state index in [1.807, 2.05) is 0 Å². The van der Waals surface area contributed by atoms with Crippen molar-refractivity contribution in [2.24, 2.45) is 5.92 Å². The molecule has 2 aliphatic heterocycles. The van der Waals surface area contributed by atoms with Gasteiger partial charge in [-0.3, -0.25) is 9.59 Å². The topological polar surface area (TPSA) is 60.9 Å². The van der Waals surface area contributed by atoms with Crippen molar-refractivity contribution in [3.05, 3.63) is 40.6 Å². The minimum absolute atomic E-state index is 0.0243. The van der Waals surface area contributed by atoms with Crippen molar-refractivity contribution in [1.82, 2.24) is 4.90 Å². The first-order chi connectivity index (χ1) is 12.2. The number of carbonyl (C=O) groups excluding carboxylic acids is 2. The number of alkyl halides is 3. The van der Waals surface area contributed by atoms with Crippen molar-refractivity contribution in [2.75, 3.05) is 24.6 Å². The Morgan fingerprint density at radius 2 is 1.81 bits per heavy atom. The molecule has 0 radical (unpaired) electrons. The Balaban J connectivity index is 1.86. The van der Waals surface area contributed by atoms with E-state index < -0.39 is 23.6 Å². The Hall–Kier alpha value is -2.06. The smallest absolute Gasteiger partial charge is 0.396 e. The summed E-state index contributed by atoms with van der Waals surface area (Å²) < 4.78 is 38.1. The highest BCUT2D eigenvalue weighted by Gasteiger charge is 2.42. The molecule has 2 amide bonds. The molecule has 26 heavy (non-hydrogen) atoms. The van der Waals surface area contributed by atoms with Crippen molar-refractivity contribution >= 4 is 29.1 Å². The third-order valence-corrected chi connectivity index (χ3v) is 4.89. The molecule has 1 fully saturated rings. The Morgan fingerprint density at radius 3 is 2.38 bits per heavy atom. The van der Waals surface area contributed by atoms with Crippen LogP contribution in [0.2, 0.25) is 0 Å². The molecule has 0 spiro atoms. The first-order valence-electron chi connectivity index (χ1n) is 8.05. The molecule has 2 heterocycles. The summed E-state index contributed by atoms with van der Waals surface area (Å²) >= 11 is 6.08. The maximum atomic E-state index is 12.7. The highest BCUT2D eigenvalue weighted by Crippen LogP contribution is 2.35. The van der Waals surface area contributed by atoms with Gasteiger partial charge in [-0.2, -0.15) is 13.2 Å². The lowest BCUT2D eigenvalue weighted by Gasteiger charge is -2.33. The Kier molecular flexibility index (Phi) is 4.98. The van der Waals surface area contributed by atoms with Gasteiger partial charge in [0.15, 0.2) is 0 Å². The average Bonchev–Trinajstić information content (AvgIpc) is 2.83. The summed E-state index contributed by atoms with van der Waals surface area (Å²) in [4.78, 5) is 27.6. The molecule has 0 bridgehead atoms. The zero-order valence-corrected chi connectivity index (χ0v) is 14.3. The van der Waals surface area contributed by atoms with E-state index in [0.717, 1.165) is 42.0 Å². The molecule has 0 aromatic heterocycles. The van der Waals surface area contributed by atoms with Crippen molar-refractivity contribution in [3.8, 4) is 0 Å². The van der Waals surface area contributed by atoms with E-state index in [2.05, 4.69) is 0 Å². The molecule has 1 unspecified atom stereocenters. The summed E-state index contributed by atoms with van der Waals surface area (Å²) in [5.41, 5.74) is -0.812. The number of benzene rings is 1. The quantitative estimate of drug-likeness (QED) is 0.809. The van der Waals surface area contributed by atoms with Crippen molar-refractivity contribution in [2.45, 2.75) is 19.0 Å². The molecule has 3 rings (SSSR count). The van der Waals surface area contributed by atoms with Crippen LogP contribution in [0.15, 0.2) is 35.0 Å². The zero-order valence-electron chi connectivity index (χ0n) is 13.6. The number of halogens is 4. The number of carbonyl (C=O) groups is 2.